The highest BCUT2D eigenvalue weighted by atomic mass is 16.1. The van der Waals surface area contributed by atoms with Crippen LogP contribution in [0, 0.1) is 5.92 Å². The van der Waals surface area contributed by atoms with Crippen molar-refractivity contribution in [2.45, 2.75) is 32.4 Å². The maximum atomic E-state index is 11.2. The number of guanidine groups is 1. The lowest BCUT2D eigenvalue weighted by atomic mass is 9.95. The van der Waals surface area contributed by atoms with Crippen LogP contribution in [0.4, 0.5) is 0 Å². The number of primary amides is 1. The molecule has 0 aliphatic carbocycles. The quantitative estimate of drug-likeness (QED) is 0.599. The Hall–Kier alpha value is -2.83. The van der Waals surface area contributed by atoms with Crippen LogP contribution in [-0.4, -0.2) is 46.7 Å². The van der Waals surface area contributed by atoms with Crippen molar-refractivity contribution in [3.8, 4) is 0 Å². The molecule has 0 spiro atoms. The average molecular weight is 368 g/mol. The minimum atomic E-state index is -0.223. The third kappa shape index (κ3) is 5.57. The Morgan fingerprint density at radius 3 is 2.96 bits per heavy atom. The van der Waals surface area contributed by atoms with E-state index in [1.807, 2.05) is 16.9 Å². The lowest BCUT2D eigenvalue weighted by Gasteiger charge is -2.34. The summed E-state index contributed by atoms with van der Waals surface area (Å²) in [5.74, 6) is 0.965. The highest BCUT2D eigenvalue weighted by Crippen LogP contribution is 2.19. The summed E-state index contributed by atoms with van der Waals surface area (Å²) in [5, 5.41) is 7.71. The third-order valence-corrected chi connectivity index (χ3v) is 4.87. The fraction of sp³-hybridized carbons (Fsp3) is 0.450. The molecule has 1 aromatic heterocycles. The molecule has 2 heterocycles. The van der Waals surface area contributed by atoms with Crippen LogP contribution in [0.5, 0.6) is 0 Å². The second-order valence-corrected chi connectivity index (χ2v) is 7.05. The van der Waals surface area contributed by atoms with E-state index in [0.717, 1.165) is 38.4 Å². The maximum Gasteiger partial charge on any atom is 0.217 e. The number of nitrogens with one attached hydrogen (secondary N) is 1. The highest BCUT2D eigenvalue weighted by Gasteiger charge is 2.23. The van der Waals surface area contributed by atoms with Crippen LogP contribution in [-0.2, 0) is 17.9 Å². The van der Waals surface area contributed by atoms with Gasteiger partial charge in [-0.05, 0) is 36.0 Å². The molecule has 1 saturated heterocycles. The number of piperidine rings is 1. The molecule has 1 unspecified atom stereocenters. The van der Waals surface area contributed by atoms with Crippen molar-refractivity contribution in [2.75, 3.05) is 20.1 Å². The van der Waals surface area contributed by atoms with E-state index < -0.39 is 0 Å². The van der Waals surface area contributed by atoms with E-state index >= 15 is 0 Å². The molecule has 1 amide bonds. The van der Waals surface area contributed by atoms with E-state index in [1.165, 1.54) is 11.1 Å². The first-order valence-electron chi connectivity index (χ1n) is 9.43. The van der Waals surface area contributed by atoms with E-state index in [9.17, 15) is 4.79 Å². The number of nitrogens with two attached hydrogens (primary N) is 1. The van der Waals surface area contributed by atoms with Crippen LogP contribution in [0.1, 0.15) is 30.4 Å². The molecule has 3 N–H and O–H groups in total. The Morgan fingerprint density at radius 1 is 1.37 bits per heavy atom. The van der Waals surface area contributed by atoms with Gasteiger partial charge in [-0.1, -0.05) is 24.3 Å². The minimum Gasteiger partial charge on any atom is -0.370 e. The Kier molecular flexibility index (Phi) is 6.46. The molecule has 2 aromatic rings. The first-order chi connectivity index (χ1) is 13.1. The van der Waals surface area contributed by atoms with Crippen LogP contribution in [0.3, 0.4) is 0 Å². The molecule has 1 atom stereocenters. The molecular weight excluding hydrogens is 340 g/mol. The lowest BCUT2D eigenvalue weighted by molar-refractivity contribution is -0.119. The van der Waals surface area contributed by atoms with Gasteiger partial charge < -0.3 is 16.0 Å². The van der Waals surface area contributed by atoms with Crippen molar-refractivity contribution in [3.05, 3.63) is 53.9 Å². The highest BCUT2D eigenvalue weighted by molar-refractivity contribution is 5.80. The fourth-order valence-electron chi connectivity index (χ4n) is 3.64. The number of benzene rings is 1. The molecule has 1 aliphatic heterocycles. The van der Waals surface area contributed by atoms with Crippen molar-refractivity contribution < 1.29 is 4.79 Å². The van der Waals surface area contributed by atoms with Gasteiger partial charge in [0.2, 0.25) is 5.91 Å². The number of hydrogen-bond donors (Lipinski definition) is 2. The molecule has 1 aliphatic rings. The summed E-state index contributed by atoms with van der Waals surface area (Å²) < 4.78 is 1.91. The maximum absolute atomic E-state index is 11.2. The van der Waals surface area contributed by atoms with Gasteiger partial charge in [-0.15, -0.1) is 0 Å². The third-order valence-electron chi connectivity index (χ3n) is 4.87. The van der Waals surface area contributed by atoms with Crippen molar-refractivity contribution in [1.29, 1.82) is 0 Å². The Balaban J connectivity index is 1.57. The zero-order chi connectivity index (χ0) is 19.1. The number of amides is 1. The van der Waals surface area contributed by atoms with Gasteiger partial charge in [0.05, 0.1) is 6.54 Å². The van der Waals surface area contributed by atoms with E-state index in [2.05, 4.69) is 44.6 Å². The zero-order valence-corrected chi connectivity index (χ0v) is 15.8. The van der Waals surface area contributed by atoms with E-state index in [0.29, 0.717) is 18.9 Å². The summed E-state index contributed by atoms with van der Waals surface area (Å²) in [6, 6.07) is 10.4. The van der Waals surface area contributed by atoms with Crippen LogP contribution in [0.2, 0.25) is 0 Å². The van der Waals surface area contributed by atoms with Gasteiger partial charge in [0.15, 0.2) is 5.96 Å². The summed E-state index contributed by atoms with van der Waals surface area (Å²) in [6.45, 7) is 3.24. The summed E-state index contributed by atoms with van der Waals surface area (Å²) in [4.78, 5) is 17.9. The minimum absolute atomic E-state index is 0.223. The molecule has 7 heteroatoms. The number of aromatic nitrogens is 2. The van der Waals surface area contributed by atoms with Crippen LogP contribution in [0.15, 0.2) is 47.7 Å². The van der Waals surface area contributed by atoms with Crippen molar-refractivity contribution in [2.24, 2.45) is 16.6 Å². The Labute approximate surface area is 160 Å². The molecular formula is C20H28N6O. The smallest absolute Gasteiger partial charge is 0.217 e. The Bertz CT molecular complexity index is 771. The second kappa shape index (κ2) is 9.21. The number of nitrogens with zero attached hydrogens (tertiary/aromatic N) is 4. The first-order valence-corrected chi connectivity index (χ1v) is 9.43. The number of aliphatic imine (C=N–C) groups is 1. The fourth-order valence-corrected chi connectivity index (χ4v) is 3.64. The molecule has 0 saturated carbocycles. The molecule has 7 nitrogen and oxygen atoms in total. The average Bonchev–Trinajstić information content (AvgIpc) is 3.15. The molecule has 1 fully saturated rings. The van der Waals surface area contributed by atoms with Crippen LogP contribution >= 0.6 is 0 Å². The number of carbonyl (C=O) groups excluding carboxylic acids is 1. The predicted molar refractivity (Wildman–Crippen MR) is 106 cm³/mol. The van der Waals surface area contributed by atoms with Crippen molar-refractivity contribution in [1.82, 2.24) is 20.0 Å². The molecule has 0 bridgehead atoms. The van der Waals surface area contributed by atoms with Crippen molar-refractivity contribution >= 4 is 11.9 Å². The molecule has 3 rings (SSSR count). The van der Waals surface area contributed by atoms with Gasteiger partial charge in [0.25, 0.3) is 0 Å². The summed E-state index contributed by atoms with van der Waals surface area (Å²) in [6.07, 6.45) is 6.30. The van der Waals surface area contributed by atoms with Crippen LogP contribution < -0.4 is 11.1 Å². The van der Waals surface area contributed by atoms with Crippen LogP contribution in [0.25, 0.3) is 0 Å². The number of likely N-dealkylation sites (tertiary alicyclic amines) is 1. The predicted octanol–water partition coefficient (Wildman–Crippen LogP) is 1.59. The van der Waals surface area contributed by atoms with Crippen molar-refractivity contribution in [3.63, 3.8) is 0 Å². The summed E-state index contributed by atoms with van der Waals surface area (Å²) in [5.41, 5.74) is 7.78. The SMILES string of the molecule is CN=C(NCc1cccc(Cn2cccn2)c1)N1CCCC(CC(N)=O)C1. The van der Waals surface area contributed by atoms with Gasteiger partial charge in [0, 0.05) is 45.5 Å². The molecule has 27 heavy (non-hydrogen) atoms. The number of rotatable bonds is 6. The molecule has 1 aromatic carbocycles. The topological polar surface area (TPSA) is 88.5 Å². The largest absolute Gasteiger partial charge is 0.370 e. The standard InChI is InChI=1S/C20H28N6O/c1-22-20(25-9-3-7-18(14-25)12-19(21)27)23-13-16-5-2-6-17(11-16)15-26-10-4-8-24-26/h2,4-6,8,10-11,18H,3,7,9,12-15H2,1H3,(H2,21,27)(H,22,23). The van der Waals surface area contributed by atoms with Gasteiger partial charge in [0.1, 0.15) is 0 Å². The Morgan fingerprint density at radius 2 is 2.22 bits per heavy atom. The van der Waals surface area contributed by atoms with Gasteiger partial charge in [-0.2, -0.15) is 5.10 Å². The van der Waals surface area contributed by atoms with Gasteiger partial charge in [-0.25, -0.2) is 0 Å². The van der Waals surface area contributed by atoms with Gasteiger partial charge in [-0.3, -0.25) is 14.5 Å². The first kappa shape index (κ1) is 18.9. The summed E-state index contributed by atoms with van der Waals surface area (Å²) >= 11 is 0. The van der Waals surface area contributed by atoms with E-state index in [-0.39, 0.29) is 5.91 Å². The molecule has 144 valence electrons. The zero-order valence-electron chi connectivity index (χ0n) is 15.8. The monoisotopic (exact) mass is 368 g/mol. The molecule has 0 radical (unpaired) electrons. The lowest BCUT2D eigenvalue weighted by Crippen LogP contribution is -2.46. The normalized spacial score (nSPS) is 17.7. The second-order valence-electron chi connectivity index (χ2n) is 7.05. The number of hydrogen-bond acceptors (Lipinski definition) is 3. The summed E-state index contributed by atoms with van der Waals surface area (Å²) in [7, 11) is 1.80. The van der Waals surface area contributed by atoms with Gasteiger partial charge >= 0.3 is 0 Å². The van der Waals surface area contributed by atoms with E-state index in [4.69, 9.17) is 5.73 Å². The number of carbonyl (C=O) groups is 1. The van der Waals surface area contributed by atoms with E-state index in [1.54, 1.807) is 13.2 Å².